The molecule has 2 aliphatic rings. The van der Waals surface area contributed by atoms with Gasteiger partial charge in [-0.05, 0) is 47.7 Å². The van der Waals surface area contributed by atoms with Crippen LogP contribution in [-0.2, 0) is 9.53 Å². The van der Waals surface area contributed by atoms with Crippen LogP contribution in [0.25, 0.3) is 0 Å². The van der Waals surface area contributed by atoms with Gasteiger partial charge in [0, 0.05) is 19.0 Å². The van der Waals surface area contributed by atoms with Crippen LogP contribution >= 0.6 is 0 Å². The van der Waals surface area contributed by atoms with Crippen LogP contribution in [0.3, 0.4) is 0 Å². The number of rotatable bonds is 6. The predicted octanol–water partition coefficient (Wildman–Crippen LogP) is 2.75. The maximum Gasteiger partial charge on any atom is 0.224 e. The van der Waals surface area contributed by atoms with E-state index < -0.39 is 6.04 Å². The number of nitrogens with one attached hydrogen (secondary N) is 1. The molecule has 4 rings (SSSR count). The molecule has 1 saturated carbocycles. The summed E-state index contributed by atoms with van der Waals surface area (Å²) in [4.78, 5) is 14.6. The van der Waals surface area contributed by atoms with Crippen LogP contribution in [0.1, 0.15) is 29.5 Å². The fourth-order valence-corrected chi connectivity index (χ4v) is 3.90. The fourth-order valence-electron chi connectivity index (χ4n) is 3.90. The highest BCUT2D eigenvalue weighted by molar-refractivity contribution is 5.83. The number of carbonyl (C=O) groups is 1. The number of carbonyl (C=O) groups excluding carboxylic acids is 1. The Balaban J connectivity index is 1.45. The van der Waals surface area contributed by atoms with E-state index in [1.807, 2.05) is 11.0 Å². The van der Waals surface area contributed by atoms with Gasteiger partial charge in [0.2, 0.25) is 5.91 Å². The number of hydrogen-bond donors (Lipinski definition) is 2. The van der Waals surface area contributed by atoms with Crippen LogP contribution in [0, 0.1) is 17.6 Å². The highest BCUT2D eigenvalue weighted by Crippen LogP contribution is 2.47. The maximum atomic E-state index is 14.3. The number of ether oxygens (including phenoxy) is 1. The second-order valence-corrected chi connectivity index (χ2v) is 7.56. The quantitative estimate of drug-likeness (QED) is 0.780. The fraction of sp³-hybridized carbons (Fsp3) is 0.409. The molecule has 1 heterocycles. The van der Waals surface area contributed by atoms with Gasteiger partial charge in [0.15, 0.2) is 0 Å². The number of benzene rings is 2. The molecule has 0 aromatic heterocycles. The van der Waals surface area contributed by atoms with E-state index in [2.05, 4.69) is 5.32 Å². The summed E-state index contributed by atoms with van der Waals surface area (Å²) in [7, 11) is 0. The lowest BCUT2D eigenvalue weighted by Crippen LogP contribution is -2.37. The van der Waals surface area contributed by atoms with Crippen molar-refractivity contribution in [3.05, 3.63) is 65.2 Å². The molecule has 2 N–H and O–H groups in total. The van der Waals surface area contributed by atoms with Crippen molar-refractivity contribution in [2.45, 2.75) is 18.4 Å². The molecule has 29 heavy (non-hydrogen) atoms. The number of aliphatic hydroxyl groups excluding tert-OH is 1. The number of anilines is 1. The third kappa shape index (κ3) is 4.41. The molecule has 3 atom stereocenters. The Hall–Kier alpha value is -2.51. The van der Waals surface area contributed by atoms with E-state index in [9.17, 15) is 18.7 Å². The van der Waals surface area contributed by atoms with Crippen LogP contribution < -0.4 is 10.2 Å². The standard InChI is InChI=1S/C22H24F2N2O3/c23-16-3-1-2-14(10-16)17-12-18(17)22(28)25-20(13-27)15-4-5-19(24)21(11-15)26-6-8-29-9-7-26/h1-5,10-11,17-18,20,27H,6-9,12-13H2,(H,25,28). The summed E-state index contributed by atoms with van der Waals surface area (Å²) < 4.78 is 33.1. The number of amides is 1. The molecule has 2 fully saturated rings. The number of halogens is 2. The van der Waals surface area contributed by atoms with Gasteiger partial charge >= 0.3 is 0 Å². The van der Waals surface area contributed by atoms with E-state index in [-0.39, 0.29) is 36.0 Å². The first-order valence-corrected chi connectivity index (χ1v) is 9.85. The summed E-state index contributed by atoms with van der Waals surface area (Å²) in [5.74, 6) is -1.10. The van der Waals surface area contributed by atoms with Gasteiger partial charge in [0.25, 0.3) is 0 Å². The number of morpholine rings is 1. The third-order valence-corrected chi connectivity index (χ3v) is 5.63. The van der Waals surface area contributed by atoms with Crippen molar-refractivity contribution in [2.24, 2.45) is 5.92 Å². The Morgan fingerprint density at radius 1 is 1.21 bits per heavy atom. The normalized spacial score (nSPS) is 22.2. The van der Waals surface area contributed by atoms with Crippen LogP contribution in [0.5, 0.6) is 0 Å². The Morgan fingerprint density at radius 3 is 2.72 bits per heavy atom. The largest absolute Gasteiger partial charge is 0.394 e. The molecule has 1 saturated heterocycles. The minimum Gasteiger partial charge on any atom is -0.394 e. The molecule has 2 aromatic rings. The van der Waals surface area contributed by atoms with E-state index >= 15 is 0 Å². The molecule has 2 aromatic carbocycles. The smallest absolute Gasteiger partial charge is 0.224 e. The van der Waals surface area contributed by atoms with Crippen LogP contribution in [0.15, 0.2) is 42.5 Å². The Kier molecular flexibility index (Phi) is 5.78. The topological polar surface area (TPSA) is 61.8 Å². The average molecular weight is 402 g/mol. The second-order valence-electron chi connectivity index (χ2n) is 7.56. The van der Waals surface area contributed by atoms with Crippen molar-refractivity contribution in [3.8, 4) is 0 Å². The minimum atomic E-state index is -0.628. The highest BCUT2D eigenvalue weighted by Gasteiger charge is 2.44. The molecule has 5 nitrogen and oxygen atoms in total. The van der Waals surface area contributed by atoms with Crippen molar-refractivity contribution in [1.29, 1.82) is 0 Å². The minimum absolute atomic E-state index is 0.0119. The third-order valence-electron chi connectivity index (χ3n) is 5.63. The van der Waals surface area contributed by atoms with E-state index in [0.717, 1.165) is 5.56 Å². The summed E-state index contributed by atoms with van der Waals surface area (Å²) in [6.45, 7) is 1.96. The number of aliphatic hydroxyl groups is 1. The zero-order valence-electron chi connectivity index (χ0n) is 16.0. The lowest BCUT2D eigenvalue weighted by Gasteiger charge is -2.30. The van der Waals surface area contributed by atoms with Crippen LogP contribution in [-0.4, -0.2) is 43.9 Å². The first-order chi connectivity index (χ1) is 14.1. The molecule has 0 radical (unpaired) electrons. The van der Waals surface area contributed by atoms with Crippen LogP contribution in [0.2, 0.25) is 0 Å². The van der Waals surface area contributed by atoms with Gasteiger partial charge in [-0.15, -0.1) is 0 Å². The zero-order valence-corrected chi connectivity index (χ0v) is 16.0. The van der Waals surface area contributed by atoms with E-state index in [1.165, 1.54) is 18.2 Å². The van der Waals surface area contributed by atoms with Gasteiger partial charge in [0.05, 0.1) is 31.5 Å². The van der Waals surface area contributed by atoms with E-state index in [4.69, 9.17) is 4.74 Å². The van der Waals surface area contributed by atoms with Crippen molar-refractivity contribution in [2.75, 3.05) is 37.8 Å². The maximum absolute atomic E-state index is 14.3. The first kappa shape index (κ1) is 19.8. The lowest BCUT2D eigenvalue weighted by atomic mass is 10.0. The predicted molar refractivity (Wildman–Crippen MR) is 105 cm³/mol. The Bertz CT molecular complexity index is 886. The molecule has 0 spiro atoms. The highest BCUT2D eigenvalue weighted by atomic mass is 19.1. The summed E-state index contributed by atoms with van der Waals surface area (Å²) in [5.41, 5.74) is 1.90. The van der Waals surface area contributed by atoms with Gasteiger partial charge in [-0.2, -0.15) is 0 Å². The second kappa shape index (κ2) is 8.47. The van der Waals surface area contributed by atoms with Gasteiger partial charge in [-0.25, -0.2) is 8.78 Å². The van der Waals surface area contributed by atoms with Crippen molar-refractivity contribution in [3.63, 3.8) is 0 Å². The Labute approximate surface area is 168 Å². The van der Waals surface area contributed by atoms with Gasteiger partial charge < -0.3 is 20.1 Å². The van der Waals surface area contributed by atoms with Crippen molar-refractivity contribution < 1.29 is 23.4 Å². The SMILES string of the molecule is O=C(NC(CO)c1ccc(F)c(N2CCOCC2)c1)C1CC1c1cccc(F)c1. The van der Waals surface area contributed by atoms with Gasteiger partial charge in [-0.1, -0.05) is 18.2 Å². The zero-order chi connectivity index (χ0) is 20.4. The monoisotopic (exact) mass is 402 g/mol. The molecule has 0 bridgehead atoms. The number of nitrogens with zero attached hydrogens (tertiary/aromatic N) is 1. The summed E-state index contributed by atoms with van der Waals surface area (Å²) in [5, 5.41) is 12.7. The van der Waals surface area contributed by atoms with Crippen molar-refractivity contribution >= 4 is 11.6 Å². The van der Waals surface area contributed by atoms with E-state index in [0.29, 0.717) is 44.0 Å². The molecule has 1 aliphatic heterocycles. The van der Waals surface area contributed by atoms with E-state index in [1.54, 1.807) is 18.2 Å². The summed E-state index contributed by atoms with van der Waals surface area (Å²) in [6.07, 6.45) is 0.649. The van der Waals surface area contributed by atoms with Gasteiger partial charge in [0.1, 0.15) is 11.6 Å². The molecular formula is C22H24F2N2O3. The molecular weight excluding hydrogens is 378 g/mol. The number of hydrogen-bond acceptors (Lipinski definition) is 4. The van der Waals surface area contributed by atoms with Gasteiger partial charge in [-0.3, -0.25) is 4.79 Å². The van der Waals surface area contributed by atoms with Crippen molar-refractivity contribution in [1.82, 2.24) is 5.32 Å². The lowest BCUT2D eigenvalue weighted by molar-refractivity contribution is -0.123. The molecule has 1 aliphatic carbocycles. The van der Waals surface area contributed by atoms with Crippen LogP contribution in [0.4, 0.5) is 14.5 Å². The first-order valence-electron chi connectivity index (χ1n) is 9.85. The summed E-state index contributed by atoms with van der Waals surface area (Å²) in [6, 6.07) is 10.3. The Morgan fingerprint density at radius 2 is 2.00 bits per heavy atom. The molecule has 3 unspecified atom stereocenters. The molecule has 7 heteroatoms. The molecule has 1 amide bonds. The molecule has 154 valence electrons. The summed E-state index contributed by atoms with van der Waals surface area (Å²) >= 11 is 0. The average Bonchev–Trinajstić information content (AvgIpc) is 3.54.